The van der Waals surface area contributed by atoms with Crippen LogP contribution in [0, 0.1) is 0 Å². The number of carbonyl (C=O) groups is 1. The molecule has 19 heavy (non-hydrogen) atoms. The number of carbonyl (C=O) groups excluding carboxylic acids is 1. The number of hydrogen-bond donors (Lipinski definition) is 0. The summed E-state index contributed by atoms with van der Waals surface area (Å²) < 4.78 is 28.4. The van der Waals surface area contributed by atoms with E-state index in [1.54, 1.807) is 0 Å². The van der Waals surface area contributed by atoms with E-state index in [-0.39, 0.29) is 18.8 Å². The van der Waals surface area contributed by atoms with Gasteiger partial charge in [-0.05, 0) is 24.3 Å². The van der Waals surface area contributed by atoms with Crippen molar-refractivity contribution < 1.29 is 18.3 Å². The third-order valence-corrected chi connectivity index (χ3v) is 3.53. The monoisotopic (exact) mass is 268 g/mol. The second kappa shape index (κ2) is 6.75. The van der Waals surface area contributed by atoms with Crippen LogP contribution in [0.1, 0.15) is 47.5 Å². The summed E-state index contributed by atoms with van der Waals surface area (Å²) >= 11 is 0. The molecule has 1 fully saturated rings. The summed E-state index contributed by atoms with van der Waals surface area (Å²) in [5.41, 5.74) is 1.92. The standard InChI is InChI=1S/C15H18F2O2/c16-15(17)10-19-9-8-14(18)13-6-4-12(5-7-13)11-2-1-3-11/h4-7,11,15H,1-3,8-10H2. The van der Waals surface area contributed by atoms with Gasteiger partial charge >= 0.3 is 0 Å². The van der Waals surface area contributed by atoms with Gasteiger partial charge in [-0.1, -0.05) is 30.7 Å². The normalized spacial score (nSPS) is 15.5. The maximum absolute atomic E-state index is 11.8. The highest BCUT2D eigenvalue weighted by Crippen LogP contribution is 2.36. The Morgan fingerprint density at radius 2 is 1.95 bits per heavy atom. The van der Waals surface area contributed by atoms with Gasteiger partial charge in [0.05, 0.1) is 6.61 Å². The molecule has 0 spiro atoms. The number of ether oxygens (including phenoxy) is 1. The van der Waals surface area contributed by atoms with E-state index in [1.165, 1.54) is 24.8 Å². The Kier molecular flexibility index (Phi) is 5.02. The number of benzene rings is 1. The Morgan fingerprint density at radius 3 is 2.47 bits per heavy atom. The van der Waals surface area contributed by atoms with E-state index < -0.39 is 13.0 Å². The van der Waals surface area contributed by atoms with Crippen molar-refractivity contribution in [3.63, 3.8) is 0 Å². The van der Waals surface area contributed by atoms with Crippen LogP contribution in [-0.4, -0.2) is 25.4 Å². The fraction of sp³-hybridized carbons (Fsp3) is 0.533. The number of ketones is 1. The summed E-state index contributed by atoms with van der Waals surface area (Å²) in [5, 5.41) is 0. The lowest BCUT2D eigenvalue weighted by molar-refractivity contribution is 0.0170. The average Bonchev–Trinajstić information content (AvgIpc) is 2.33. The molecule has 0 atom stereocenters. The van der Waals surface area contributed by atoms with Crippen LogP contribution in [0.5, 0.6) is 0 Å². The molecule has 0 radical (unpaired) electrons. The lowest BCUT2D eigenvalue weighted by Crippen LogP contribution is -2.10. The van der Waals surface area contributed by atoms with Crippen molar-refractivity contribution in [2.24, 2.45) is 0 Å². The highest BCUT2D eigenvalue weighted by Gasteiger charge is 2.19. The van der Waals surface area contributed by atoms with Gasteiger partial charge in [0, 0.05) is 12.0 Å². The Balaban J connectivity index is 1.78. The van der Waals surface area contributed by atoms with Crippen molar-refractivity contribution in [1.82, 2.24) is 0 Å². The smallest absolute Gasteiger partial charge is 0.261 e. The van der Waals surface area contributed by atoms with E-state index >= 15 is 0 Å². The van der Waals surface area contributed by atoms with Gasteiger partial charge in [0.25, 0.3) is 6.43 Å². The van der Waals surface area contributed by atoms with Crippen LogP contribution in [0.2, 0.25) is 0 Å². The number of halogens is 2. The van der Waals surface area contributed by atoms with Crippen molar-refractivity contribution in [3.8, 4) is 0 Å². The van der Waals surface area contributed by atoms with Crippen molar-refractivity contribution in [2.45, 2.75) is 38.0 Å². The summed E-state index contributed by atoms with van der Waals surface area (Å²) in [6.07, 6.45) is 1.42. The zero-order chi connectivity index (χ0) is 13.7. The summed E-state index contributed by atoms with van der Waals surface area (Å²) in [5.74, 6) is 0.591. The maximum Gasteiger partial charge on any atom is 0.261 e. The first-order valence-electron chi connectivity index (χ1n) is 6.66. The molecule has 104 valence electrons. The lowest BCUT2D eigenvalue weighted by atomic mass is 9.80. The first kappa shape index (κ1) is 14.1. The average molecular weight is 268 g/mol. The Morgan fingerprint density at radius 1 is 1.26 bits per heavy atom. The number of Topliss-reactive ketones (excluding diaryl/α,β-unsaturated/α-hetero) is 1. The summed E-state index contributed by atoms with van der Waals surface area (Å²) in [4.78, 5) is 11.8. The Labute approximate surface area is 111 Å². The number of rotatable bonds is 7. The quantitative estimate of drug-likeness (QED) is 0.555. The zero-order valence-corrected chi connectivity index (χ0v) is 10.8. The van der Waals surface area contributed by atoms with Crippen LogP contribution in [0.3, 0.4) is 0 Å². The molecule has 0 aliphatic heterocycles. The highest BCUT2D eigenvalue weighted by atomic mass is 19.3. The molecule has 0 bridgehead atoms. The van der Waals surface area contributed by atoms with E-state index in [0.29, 0.717) is 11.5 Å². The van der Waals surface area contributed by atoms with E-state index in [1.807, 2.05) is 24.3 Å². The molecule has 2 rings (SSSR count). The fourth-order valence-electron chi connectivity index (χ4n) is 2.16. The van der Waals surface area contributed by atoms with Crippen molar-refractivity contribution in [1.29, 1.82) is 0 Å². The predicted molar refractivity (Wildman–Crippen MR) is 68.8 cm³/mol. The summed E-state index contributed by atoms with van der Waals surface area (Å²) in [6, 6.07) is 7.64. The van der Waals surface area contributed by atoms with Gasteiger partial charge in [0.2, 0.25) is 0 Å². The maximum atomic E-state index is 11.8. The molecule has 0 N–H and O–H groups in total. The van der Waals surface area contributed by atoms with Gasteiger partial charge in [-0.25, -0.2) is 8.78 Å². The molecule has 1 aromatic rings. The van der Waals surface area contributed by atoms with Gasteiger partial charge < -0.3 is 4.74 Å². The largest absolute Gasteiger partial charge is 0.375 e. The molecule has 4 heteroatoms. The van der Waals surface area contributed by atoms with Gasteiger partial charge in [0.15, 0.2) is 5.78 Å². The van der Waals surface area contributed by atoms with E-state index in [2.05, 4.69) is 0 Å². The van der Waals surface area contributed by atoms with Crippen molar-refractivity contribution in [3.05, 3.63) is 35.4 Å². The second-order valence-corrected chi connectivity index (χ2v) is 4.89. The first-order chi connectivity index (χ1) is 9.16. The first-order valence-corrected chi connectivity index (χ1v) is 6.66. The Bertz CT molecular complexity index is 411. The minimum absolute atomic E-state index is 0.0492. The van der Waals surface area contributed by atoms with Gasteiger partial charge in [-0.3, -0.25) is 4.79 Å². The van der Waals surface area contributed by atoms with Gasteiger partial charge in [-0.2, -0.15) is 0 Å². The third kappa shape index (κ3) is 4.10. The second-order valence-electron chi connectivity index (χ2n) is 4.89. The molecule has 0 saturated heterocycles. The minimum Gasteiger partial charge on any atom is -0.375 e. The zero-order valence-electron chi connectivity index (χ0n) is 10.8. The van der Waals surface area contributed by atoms with Crippen LogP contribution in [0.25, 0.3) is 0 Å². The SMILES string of the molecule is O=C(CCOCC(F)F)c1ccc(C2CCC2)cc1. The van der Waals surface area contributed by atoms with Crippen LogP contribution in [0.4, 0.5) is 8.78 Å². The lowest BCUT2D eigenvalue weighted by Gasteiger charge is -2.25. The predicted octanol–water partition coefficient (Wildman–Crippen LogP) is 3.81. The summed E-state index contributed by atoms with van der Waals surface area (Å²) in [7, 11) is 0. The van der Waals surface area contributed by atoms with E-state index in [9.17, 15) is 13.6 Å². The minimum atomic E-state index is -2.48. The van der Waals surface area contributed by atoms with Crippen LogP contribution >= 0.6 is 0 Å². The van der Waals surface area contributed by atoms with Crippen molar-refractivity contribution >= 4 is 5.78 Å². The molecule has 2 nitrogen and oxygen atoms in total. The molecular formula is C15H18F2O2. The molecule has 1 aliphatic carbocycles. The molecule has 1 saturated carbocycles. The van der Waals surface area contributed by atoms with Gasteiger partial charge in [-0.15, -0.1) is 0 Å². The molecule has 1 aliphatic rings. The van der Waals surface area contributed by atoms with Crippen molar-refractivity contribution in [2.75, 3.05) is 13.2 Å². The van der Waals surface area contributed by atoms with Crippen LogP contribution < -0.4 is 0 Å². The third-order valence-electron chi connectivity index (χ3n) is 3.53. The van der Waals surface area contributed by atoms with Crippen LogP contribution in [0.15, 0.2) is 24.3 Å². The molecular weight excluding hydrogens is 250 g/mol. The fourth-order valence-corrected chi connectivity index (χ4v) is 2.16. The Hall–Kier alpha value is -1.29. The van der Waals surface area contributed by atoms with Gasteiger partial charge in [0.1, 0.15) is 6.61 Å². The topological polar surface area (TPSA) is 26.3 Å². The van der Waals surface area contributed by atoms with E-state index in [0.717, 1.165) is 0 Å². The van der Waals surface area contributed by atoms with E-state index in [4.69, 9.17) is 4.74 Å². The molecule has 1 aromatic carbocycles. The number of hydrogen-bond acceptors (Lipinski definition) is 2. The summed E-state index contributed by atoms with van der Waals surface area (Å²) in [6.45, 7) is -0.554. The molecule has 0 aromatic heterocycles. The van der Waals surface area contributed by atoms with Crippen LogP contribution in [-0.2, 0) is 4.74 Å². The molecule has 0 unspecified atom stereocenters. The number of alkyl halides is 2. The molecule has 0 amide bonds. The molecule has 0 heterocycles. The highest BCUT2D eigenvalue weighted by molar-refractivity contribution is 5.96.